The molecule has 6 nitrogen and oxygen atoms in total. The Balaban J connectivity index is 4.07. The van der Waals surface area contributed by atoms with Crippen molar-refractivity contribution in [3.05, 3.63) is 48.6 Å². The topological polar surface area (TPSA) is 78.9 Å². The maximum absolute atomic E-state index is 12.8. The Morgan fingerprint density at radius 3 is 0.836 bits per heavy atom. The number of allylic oxidation sites excluding steroid dienone is 8. The molecule has 1 atom stereocenters. The molecule has 0 aromatic carbocycles. The van der Waals surface area contributed by atoms with E-state index in [4.69, 9.17) is 14.2 Å². The Hall–Kier alpha value is -2.63. The SMILES string of the molecule is CC/C=C\C/C=C\C/C=C\C/C=C\CCCCCCCCCCCCCCCCCCCCC(=O)OCC(COC(=O)CCCCCCCCCCCCCC)OC(=O)CCCCCCCCCCCCCC. The summed E-state index contributed by atoms with van der Waals surface area (Å²) < 4.78 is 16.9. The second-order valence-corrected chi connectivity index (χ2v) is 21.7. The third-order valence-electron chi connectivity index (χ3n) is 14.3. The molecule has 6 heteroatoms. The largest absolute Gasteiger partial charge is 0.462 e. The highest BCUT2D eigenvalue weighted by molar-refractivity contribution is 5.71. The average molecular weight is 1020 g/mol. The zero-order valence-corrected chi connectivity index (χ0v) is 48.9. The van der Waals surface area contributed by atoms with Crippen molar-refractivity contribution < 1.29 is 28.6 Å². The number of ether oxygens (including phenoxy) is 3. The van der Waals surface area contributed by atoms with E-state index in [1.54, 1.807) is 0 Å². The van der Waals surface area contributed by atoms with Crippen LogP contribution in [0.25, 0.3) is 0 Å². The molecule has 0 aliphatic rings. The maximum Gasteiger partial charge on any atom is 0.306 e. The lowest BCUT2D eigenvalue weighted by Crippen LogP contribution is -2.30. The predicted octanol–water partition coefficient (Wildman–Crippen LogP) is 21.8. The van der Waals surface area contributed by atoms with Gasteiger partial charge in [-0.05, 0) is 57.8 Å². The van der Waals surface area contributed by atoms with Crippen molar-refractivity contribution in [1.82, 2.24) is 0 Å². The standard InChI is InChI=1S/C67H122O6/c1-4-7-10-13-16-19-22-25-26-27-28-29-30-31-32-33-34-35-36-37-38-39-40-41-42-43-46-48-51-54-57-60-66(69)72-63-64(73-67(70)61-58-55-52-49-45-24-21-18-15-12-9-6-3)62-71-65(68)59-56-53-50-47-44-23-20-17-14-11-8-5-2/h7,10,16,19,25-26,28-29,64H,4-6,8-9,11-15,17-18,20-24,27,30-63H2,1-3H3/b10-7-,19-16-,26-25-,29-28-. The first-order valence-electron chi connectivity index (χ1n) is 32.1. The molecule has 0 fully saturated rings. The molecule has 0 spiro atoms. The molecule has 0 radical (unpaired) electrons. The lowest BCUT2D eigenvalue weighted by molar-refractivity contribution is -0.167. The van der Waals surface area contributed by atoms with Gasteiger partial charge in [0.25, 0.3) is 0 Å². The third-order valence-corrected chi connectivity index (χ3v) is 14.3. The van der Waals surface area contributed by atoms with Crippen LogP contribution in [0.1, 0.15) is 342 Å². The molecule has 0 aliphatic carbocycles. The van der Waals surface area contributed by atoms with Gasteiger partial charge in [-0.3, -0.25) is 14.4 Å². The summed E-state index contributed by atoms with van der Waals surface area (Å²) in [6.07, 6.45) is 77.1. The molecular weight excluding hydrogens is 901 g/mol. The zero-order valence-electron chi connectivity index (χ0n) is 48.9. The van der Waals surface area contributed by atoms with Gasteiger partial charge >= 0.3 is 17.9 Å². The van der Waals surface area contributed by atoms with Gasteiger partial charge in [0, 0.05) is 19.3 Å². The number of hydrogen-bond donors (Lipinski definition) is 0. The maximum atomic E-state index is 12.8. The van der Waals surface area contributed by atoms with E-state index in [1.165, 1.54) is 218 Å². The Bertz CT molecular complexity index is 1270. The van der Waals surface area contributed by atoms with E-state index in [2.05, 4.69) is 69.4 Å². The van der Waals surface area contributed by atoms with Crippen LogP contribution in [-0.4, -0.2) is 37.2 Å². The van der Waals surface area contributed by atoms with Crippen LogP contribution in [0.3, 0.4) is 0 Å². The highest BCUT2D eigenvalue weighted by Crippen LogP contribution is 2.18. The number of unbranched alkanes of at least 4 members (excludes halogenated alkanes) is 40. The summed E-state index contributed by atoms with van der Waals surface area (Å²) in [6, 6.07) is 0. The van der Waals surface area contributed by atoms with Gasteiger partial charge in [-0.15, -0.1) is 0 Å². The fourth-order valence-electron chi connectivity index (χ4n) is 9.56. The Labute approximate surface area is 454 Å². The van der Waals surface area contributed by atoms with Crippen molar-refractivity contribution in [2.75, 3.05) is 13.2 Å². The van der Waals surface area contributed by atoms with E-state index in [0.717, 1.165) is 83.5 Å². The molecule has 0 N–H and O–H groups in total. The van der Waals surface area contributed by atoms with Gasteiger partial charge in [0.1, 0.15) is 13.2 Å². The quantitative estimate of drug-likeness (QED) is 0.0261. The van der Waals surface area contributed by atoms with Crippen LogP contribution in [0, 0.1) is 0 Å². The first-order chi connectivity index (χ1) is 36.0. The molecule has 0 aromatic rings. The number of esters is 3. The smallest absolute Gasteiger partial charge is 0.306 e. The van der Waals surface area contributed by atoms with Gasteiger partial charge in [-0.1, -0.05) is 313 Å². The van der Waals surface area contributed by atoms with E-state index < -0.39 is 6.10 Å². The Morgan fingerprint density at radius 2 is 0.534 bits per heavy atom. The molecule has 0 saturated heterocycles. The van der Waals surface area contributed by atoms with Crippen molar-refractivity contribution in [3.63, 3.8) is 0 Å². The van der Waals surface area contributed by atoms with Gasteiger partial charge in [-0.25, -0.2) is 0 Å². The minimum absolute atomic E-state index is 0.0656. The van der Waals surface area contributed by atoms with Crippen LogP contribution in [0.4, 0.5) is 0 Å². The molecule has 0 saturated carbocycles. The molecular formula is C67H122O6. The van der Waals surface area contributed by atoms with E-state index in [0.29, 0.717) is 19.3 Å². The Morgan fingerprint density at radius 1 is 0.288 bits per heavy atom. The number of carbonyl (C=O) groups excluding carboxylic acids is 3. The van der Waals surface area contributed by atoms with Crippen LogP contribution >= 0.6 is 0 Å². The van der Waals surface area contributed by atoms with E-state index in [1.807, 2.05) is 0 Å². The normalized spacial score (nSPS) is 12.3. The first kappa shape index (κ1) is 70.4. The fourth-order valence-corrected chi connectivity index (χ4v) is 9.56. The molecule has 0 aliphatic heterocycles. The summed E-state index contributed by atoms with van der Waals surface area (Å²) in [5.41, 5.74) is 0. The van der Waals surface area contributed by atoms with Crippen molar-refractivity contribution in [1.29, 1.82) is 0 Å². The second kappa shape index (κ2) is 61.9. The van der Waals surface area contributed by atoms with E-state index in [9.17, 15) is 14.4 Å². The fraction of sp³-hybridized carbons (Fsp3) is 0.836. The zero-order chi connectivity index (χ0) is 52.9. The van der Waals surface area contributed by atoms with Crippen molar-refractivity contribution in [3.8, 4) is 0 Å². The monoisotopic (exact) mass is 1020 g/mol. The third kappa shape index (κ3) is 60.1. The van der Waals surface area contributed by atoms with Crippen LogP contribution in [0.2, 0.25) is 0 Å². The summed E-state index contributed by atoms with van der Waals surface area (Å²) in [4.78, 5) is 38.2. The van der Waals surface area contributed by atoms with Gasteiger partial charge < -0.3 is 14.2 Å². The van der Waals surface area contributed by atoms with E-state index in [-0.39, 0.29) is 31.1 Å². The summed E-state index contributed by atoms with van der Waals surface area (Å²) in [7, 11) is 0. The highest BCUT2D eigenvalue weighted by Gasteiger charge is 2.19. The summed E-state index contributed by atoms with van der Waals surface area (Å²) in [5.74, 6) is -0.844. The molecule has 1 unspecified atom stereocenters. The summed E-state index contributed by atoms with van der Waals surface area (Å²) in [5, 5.41) is 0. The average Bonchev–Trinajstić information content (AvgIpc) is 3.39. The van der Waals surface area contributed by atoms with Gasteiger partial charge in [0.2, 0.25) is 0 Å². The van der Waals surface area contributed by atoms with Gasteiger partial charge in [-0.2, -0.15) is 0 Å². The summed E-state index contributed by atoms with van der Waals surface area (Å²) >= 11 is 0. The summed E-state index contributed by atoms with van der Waals surface area (Å²) in [6.45, 7) is 6.57. The molecule has 426 valence electrons. The highest BCUT2D eigenvalue weighted by atomic mass is 16.6. The van der Waals surface area contributed by atoms with Crippen molar-refractivity contribution in [2.45, 2.75) is 348 Å². The molecule has 0 aromatic heterocycles. The molecule has 0 bridgehead atoms. The van der Waals surface area contributed by atoms with Crippen LogP contribution in [0.15, 0.2) is 48.6 Å². The number of hydrogen-bond acceptors (Lipinski definition) is 6. The Kier molecular flexibility index (Phi) is 59.7. The number of rotatable bonds is 59. The molecule has 0 amide bonds. The van der Waals surface area contributed by atoms with Gasteiger partial charge in [0.05, 0.1) is 0 Å². The predicted molar refractivity (Wildman–Crippen MR) is 316 cm³/mol. The first-order valence-corrected chi connectivity index (χ1v) is 32.1. The van der Waals surface area contributed by atoms with Crippen molar-refractivity contribution >= 4 is 17.9 Å². The van der Waals surface area contributed by atoms with Crippen LogP contribution in [-0.2, 0) is 28.6 Å². The van der Waals surface area contributed by atoms with Crippen molar-refractivity contribution in [2.24, 2.45) is 0 Å². The minimum atomic E-state index is -0.766. The lowest BCUT2D eigenvalue weighted by Gasteiger charge is -2.18. The molecule has 0 heterocycles. The molecule has 73 heavy (non-hydrogen) atoms. The van der Waals surface area contributed by atoms with E-state index >= 15 is 0 Å². The molecule has 0 rings (SSSR count). The second-order valence-electron chi connectivity index (χ2n) is 21.7. The number of carbonyl (C=O) groups is 3. The van der Waals surface area contributed by atoms with Crippen LogP contribution in [0.5, 0.6) is 0 Å². The van der Waals surface area contributed by atoms with Crippen LogP contribution < -0.4 is 0 Å². The van der Waals surface area contributed by atoms with Gasteiger partial charge in [0.15, 0.2) is 6.10 Å². The minimum Gasteiger partial charge on any atom is -0.462 e. The lowest BCUT2D eigenvalue weighted by atomic mass is 10.0.